The van der Waals surface area contributed by atoms with Crippen molar-refractivity contribution in [2.24, 2.45) is 0 Å². The Labute approximate surface area is 116 Å². The zero-order valence-electron chi connectivity index (χ0n) is 11.6. The van der Waals surface area contributed by atoms with E-state index in [1.807, 2.05) is 32.0 Å². The molecule has 1 heterocycles. The smallest absolute Gasteiger partial charge is 0.231 e. The maximum absolute atomic E-state index is 12.1. The van der Waals surface area contributed by atoms with Crippen molar-refractivity contribution in [2.75, 3.05) is 19.1 Å². The number of nitrogens with one attached hydrogen (secondary N) is 1. The Bertz CT molecular complexity index is 462. The Balaban J connectivity index is 2.16. The molecule has 0 fully saturated rings. The van der Waals surface area contributed by atoms with Crippen molar-refractivity contribution in [1.82, 2.24) is 5.32 Å². The molecule has 1 aliphatic rings. The molecule has 0 aliphatic carbocycles. The molecule has 0 aromatic heterocycles. The molecule has 1 N–H and O–H groups in total. The van der Waals surface area contributed by atoms with E-state index in [-0.39, 0.29) is 18.1 Å². The van der Waals surface area contributed by atoms with E-state index in [1.165, 1.54) is 0 Å². The predicted octanol–water partition coefficient (Wildman–Crippen LogP) is 2.22. The normalized spacial score (nSPS) is 16.6. The molecule has 2 rings (SSSR count). The Morgan fingerprint density at radius 3 is 2.74 bits per heavy atom. The lowest BCUT2D eigenvalue weighted by Gasteiger charge is -2.19. The summed E-state index contributed by atoms with van der Waals surface area (Å²) in [6.07, 6.45) is 0. The third kappa shape index (κ3) is 3.48. The predicted molar refractivity (Wildman–Crippen MR) is 77.1 cm³/mol. The number of benzene rings is 1. The Morgan fingerprint density at radius 1 is 1.32 bits per heavy atom. The second kappa shape index (κ2) is 6.39. The molecular formula is C14H21NO3S. The molecule has 0 bridgehead atoms. The maximum Gasteiger partial charge on any atom is 0.231 e. The first-order valence-corrected chi connectivity index (χ1v) is 8.00. The van der Waals surface area contributed by atoms with Gasteiger partial charge in [0, 0.05) is 27.8 Å². The van der Waals surface area contributed by atoms with Gasteiger partial charge >= 0.3 is 0 Å². The van der Waals surface area contributed by atoms with Crippen molar-refractivity contribution < 1.29 is 13.7 Å². The van der Waals surface area contributed by atoms with Crippen molar-refractivity contribution >= 4 is 10.8 Å². The van der Waals surface area contributed by atoms with Crippen LogP contribution in [0.5, 0.6) is 11.5 Å². The highest BCUT2D eigenvalue weighted by Crippen LogP contribution is 2.34. The minimum Gasteiger partial charge on any atom is -0.454 e. The molecule has 5 heteroatoms. The quantitative estimate of drug-likeness (QED) is 0.869. The number of rotatable bonds is 6. The Morgan fingerprint density at radius 2 is 2.05 bits per heavy atom. The van der Waals surface area contributed by atoms with Gasteiger partial charge in [0.25, 0.3) is 0 Å². The van der Waals surface area contributed by atoms with E-state index in [1.54, 1.807) is 0 Å². The summed E-state index contributed by atoms with van der Waals surface area (Å²) in [4.78, 5) is 0. The zero-order valence-corrected chi connectivity index (χ0v) is 12.5. The first-order chi connectivity index (χ1) is 9.11. The zero-order chi connectivity index (χ0) is 13.8. The molecule has 1 aromatic rings. The standard InChI is InChI=1S/C14H21NO3S/c1-4-15-12(8-19(16)10(2)3)11-5-6-13-14(7-11)18-9-17-13/h5-7,10,12,15H,4,8-9H2,1-3H3. The summed E-state index contributed by atoms with van der Waals surface area (Å²) in [5.74, 6) is 2.17. The van der Waals surface area contributed by atoms with Gasteiger partial charge in [0.1, 0.15) is 0 Å². The van der Waals surface area contributed by atoms with Crippen LogP contribution in [0.3, 0.4) is 0 Å². The molecular weight excluding hydrogens is 262 g/mol. The average Bonchev–Trinajstić information content (AvgIpc) is 2.85. The Hall–Kier alpha value is -1.07. The van der Waals surface area contributed by atoms with Crippen LogP contribution < -0.4 is 14.8 Å². The van der Waals surface area contributed by atoms with Gasteiger partial charge in [0.05, 0.1) is 0 Å². The molecule has 0 spiro atoms. The summed E-state index contributed by atoms with van der Waals surface area (Å²) in [5.41, 5.74) is 1.10. The number of hydrogen-bond donors (Lipinski definition) is 1. The van der Waals surface area contributed by atoms with Gasteiger partial charge in [-0.15, -0.1) is 0 Å². The van der Waals surface area contributed by atoms with Crippen LogP contribution in [-0.2, 0) is 10.8 Å². The van der Waals surface area contributed by atoms with Gasteiger partial charge in [0.2, 0.25) is 6.79 Å². The van der Waals surface area contributed by atoms with Crippen LogP contribution in [-0.4, -0.2) is 28.5 Å². The fraction of sp³-hybridized carbons (Fsp3) is 0.571. The minimum absolute atomic E-state index is 0.0859. The van der Waals surface area contributed by atoms with Gasteiger partial charge in [-0.25, -0.2) is 0 Å². The summed E-state index contributed by atoms with van der Waals surface area (Å²) in [7, 11) is -0.837. The number of fused-ring (bicyclic) bond motifs is 1. The first kappa shape index (κ1) is 14.3. The van der Waals surface area contributed by atoms with Crippen LogP contribution >= 0.6 is 0 Å². The molecule has 4 nitrogen and oxygen atoms in total. The maximum atomic E-state index is 12.1. The fourth-order valence-electron chi connectivity index (χ4n) is 2.01. The summed E-state index contributed by atoms with van der Waals surface area (Å²) in [5, 5.41) is 3.56. The van der Waals surface area contributed by atoms with E-state index in [2.05, 4.69) is 12.2 Å². The Kier molecular flexibility index (Phi) is 4.82. The summed E-state index contributed by atoms with van der Waals surface area (Å²) >= 11 is 0. The second-order valence-corrected chi connectivity index (χ2v) is 6.86. The molecule has 106 valence electrons. The van der Waals surface area contributed by atoms with Crippen LogP contribution in [0.15, 0.2) is 18.2 Å². The second-order valence-electron chi connectivity index (χ2n) is 4.82. The lowest BCUT2D eigenvalue weighted by Crippen LogP contribution is -2.28. The van der Waals surface area contributed by atoms with Crippen LogP contribution in [0.4, 0.5) is 0 Å². The van der Waals surface area contributed by atoms with Gasteiger partial charge < -0.3 is 14.8 Å². The van der Waals surface area contributed by atoms with Crippen LogP contribution in [0, 0.1) is 0 Å². The highest BCUT2D eigenvalue weighted by atomic mass is 32.2. The molecule has 2 atom stereocenters. The van der Waals surface area contributed by atoms with E-state index in [9.17, 15) is 4.21 Å². The van der Waals surface area contributed by atoms with E-state index >= 15 is 0 Å². The minimum atomic E-state index is -0.837. The van der Waals surface area contributed by atoms with Gasteiger partial charge in [-0.2, -0.15) is 0 Å². The number of ether oxygens (including phenoxy) is 2. The van der Waals surface area contributed by atoms with Crippen LogP contribution in [0.1, 0.15) is 32.4 Å². The molecule has 1 aliphatic heterocycles. The molecule has 0 amide bonds. The van der Waals surface area contributed by atoms with Gasteiger partial charge in [-0.1, -0.05) is 26.8 Å². The largest absolute Gasteiger partial charge is 0.454 e. The SMILES string of the molecule is CCNC(CS(=O)C(C)C)c1ccc2c(c1)OCO2. The van der Waals surface area contributed by atoms with Crippen molar-refractivity contribution in [2.45, 2.75) is 32.1 Å². The van der Waals surface area contributed by atoms with E-state index in [4.69, 9.17) is 9.47 Å². The average molecular weight is 283 g/mol. The first-order valence-electron chi connectivity index (χ1n) is 6.62. The highest BCUT2D eigenvalue weighted by molar-refractivity contribution is 7.85. The highest BCUT2D eigenvalue weighted by Gasteiger charge is 2.20. The topological polar surface area (TPSA) is 47.6 Å². The molecule has 19 heavy (non-hydrogen) atoms. The van der Waals surface area contributed by atoms with E-state index in [0.717, 1.165) is 23.6 Å². The summed E-state index contributed by atoms with van der Waals surface area (Å²) < 4.78 is 22.8. The van der Waals surface area contributed by atoms with E-state index in [0.29, 0.717) is 5.75 Å². The number of hydrogen-bond acceptors (Lipinski definition) is 4. The van der Waals surface area contributed by atoms with E-state index < -0.39 is 10.8 Å². The summed E-state index contributed by atoms with van der Waals surface area (Å²) in [6, 6.07) is 5.99. The molecule has 0 radical (unpaired) electrons. The van der Waals surface area contributed by atoms with Gasteiger partial charge in [-0.05, 0) is 24.2 Å². The third-order valence-electron chi connectivity index (χ3n) is 3.11. The molecule has 1 aromatic carbocycles. The van der Waals surface area contributed by atoms with Crippen molar-refractivity contribution in [3.63, 3.8) is 0 Å². The van der Waals surface area contributed by atoms with Crippen molar-refractivity contribution in [3.05, 3.63) is 23.8 Å². The third-order valence-corrected chi connectivity index (χ3v) is 4.82. The van der Waals surface area contributed by atoms with Crippen LogP contribution in [0.25, 0.3) is 0 Å². The van der Waals surface area contributed by atoms with Crippen LogP contribution in [0.2, 0.25) is 0 Å². The lowest BCUT2D eigenvalue weighted by atomic mass is 10.1. The molecule has 0 saturated heterocycles. The monoisotopic (exact) mass is 283 g/mol. The van der Waals surface area contributed by atoms with Gasteiger partial charge in [0.15, 0.2) is 11.5 Å². The lowest BCUT2D eigenvalue weighted by molar-refractivity contribution is 0.174. The van der Waals surface area contributed by atoms with Crippen molar-refractivity contribution in [1.29, 1.82) is 0 Å². The van der Waals surface area contributed by atoms with Crippen molar-refractivity contribution in [3.8, 4) is 11.5 Å². The fourth-order valence-corrected chi connectivity index (χ4v) is 3.03. The summed E-state index contributed by atoms with van der Waals surface area (Å²) in [6.45, 7) is 7.15. The van der Waals surface area contributed by atoms with Gasteiger partial charge in [-0.3, -0.25) is 4.21 Å². The molecule has 2 unspecified atom stereocenters. The molecule has 0 saturated carbocycles.